The minimum absolute atomic E-state index is 0.285. The molecule has 1 saturated carbocycles. The van der Waals surface area contributed by atoms with E-state index in [1.165, 1.54) is 19.3 Å². The number of aliphatic hydroxyl groups excluding tert-OH is 3. The maximum atomic E-state index is 9.65. The first-order valence-corrected chi connectivity index (χ1v) is 5.95. The van der Waals surface area contributed by atoms with Crippen LogP contribution in [0.4, 0.5) is 0 Å². The van der Waals surface area contributed by atoms with E-state index in [2.05, 4.69) is 5.32 Å². The Bertz CT molecular complexity index is 171. The van der Waals surface area contributed by atoms with Crippen molar-refractivity contribution in [2.45, 2.75) is 69.9 Å². The molecule has 3 unspecified atom stereocenters. The van der Waals surface area contributed by atoms with E-state index >= 15 is 0 Å². The molecule has 0 amide bonds. The Labute approximate surface area is 91.3 Å². The van der Waals surface area contributed by atoms with Crippen LogP contribution in [-0.2, 0) is 0 Å². The van der Waals surface area contributed by atoms with E-state index in [4.69, 9.17) is 0 Å². The molecule has 0 aliphatic heterocycles. The lowest BCUT2D eigenvalue weighted by molar-refractivity contribution is -0.0775. The van der Waals surface area contributed by atoms with Crippen LogP contribution < -0.4 is 5.32 Å². The summed E-state index contributed by atoms with van der Waals surface area (Å²) in [6.45, 7) is 1.78. The molecular formula is C11H23NO3. The first-order valence-electron chi connectivity index (χ1n) is 5.95. The molecule has 0 saturated heterocycles. The molecule has 0 aromatic heterocycles. The summed E-state index contributed by atoms with van der Waals surface area (Å²) in [6, 6.07) is 0.285. The van der Waals surface area contributed by atoms with Crippen LogP contribution in [0.3, 0.4) is 0 Å². The van der Waals surface area contributed by atoms with E-state index in [1.807, 2.05) is 0 Å². The molecule has 1 fully saturated rings. The standard InChI is InChI=1S/C11H23NO3/c1-2-9(13)10(14)11(15)12-8-6-4-3-5-7-8/h8-15H,2-7H2,1H3. The summed E-state index contributed by atoms with van der Waals surface area (Å²) in [6.07, 6.45) is 3.21. The highest BCUT2D eigenvalue weighted by Crippen LogP contribution is 2.18. The van der Waals surface area contributed by atoms with Gasteiger partial charge < -0.3 is 15.3 Å². The molecule has 0 aromatic carbocycles. The van der Waals surface area contributed by atoms with Crippen molar-refractivity contribution in [3.8, 4) is 0 Å². The Kier molecular flexibility index (Phi) is 5.53. The lowest BCUT2D eigenvalue weighted by Crippen LogP contribution is -2.50. The summed E-state index contributed by atoms with van der Waals surface area (Å²) in [5, 5.41) is 31.6. The second-order valence-corrected chi connectivity index (χ2v) is 4.41. The molecule has 4 N–H and O–H groups in total. The van der Waals surface area contributed by atoms with Crippen molar-refractivity contribution in [1.29, 1.82) is 0 Å². The maximum Gasteiger partial charge on any atom is 0.133 e. The Balaban J connectivity index is 2.29. The van der Waals surface area contributed by atoms with E-state index in [9.17, 15) is 15.3 Å². The molecule has 3 atom stereocenters. The van der Waals surface area contributed by atoms with E-state index in [-0.39, 0.29) is 6.04 Å². The van der Waals surface area contributed by atoms with Gasteiger partial charge in [0.15, 0.2) is 0 Å². The summed E-state index contributed by atoms with van der Waals surface area (Å²) >= 11 is 0. The van der Waals surface area contributed by atoms with Crippen molar-refractivity contribution in [3.63, 3.8) is 0 Å². The van der Waals surface area contributed by atoms with Crippen molar-refractivity contribution >= 4 is 0 Å². The first-order chi connectivity index (χ1) is 7.15. The monoisotopic (exact) mass is 217 g/mol. The molecule has 0 spiro atoms. The molecule has 1 aliphatic carbocycles. The Morgan fingerprint density at radius 2 is 1.73 bits per heavy atom. The maximum absolute atomic E-state index is 9.65. The highest BCUT2D eigenvalue weighted by Gasteiger charge is 2.25. The summed E-state index contributed by atoms with van der Waals surface area (Å²) in [5.74, 6) is 0. The smallest absolute Gasteiger partial charge is 0.133 e. The summed E-state index contributed by atoms with van der Waals surface area (Å²) in [7, 11) is 0. The molecular weight excluding hydrogens is 194 g/mol. The van der Waals surface area contributed by atoms with Crippen LogP contribution in [0.5, 0.6) is 0 Å². The molecule has 90 valence electrons. The highest BCUT2D eigenvalue weighted by molar-refractivity contribution is 4.78. The lowest BCUT2D eigenvalue weighted by Gasteiger charge is -2.29. The van der Waals surface area contributed by atoms with Crippen LogP contribution in [0.25, 0.3) is 0 Å². The third kappa shape index (κ3) is 4.07. The highest BCUT2D eigenvalue weighted by atomic mass is 16.4. The lowest BCUT2D eigenvalue weighted by atomic mass is 9.95. The topological polar surface area (TPSA) is 72.7 Å². The second-order valence-electron chi connectivity index (χ2n) is 4.41. The second kappa shape index (κ2) is 6.43. The van der Waals surface area contributed by atoms with Gasteiger partial charge in [-0.15, -0.1) is 0 Å². The van der Waals surface area contributed by atoms with Gasteiger partial charge in [-0.3, -0.25) is 5.32 Å². The van der Waals surface area contributed by atoms with Gasteiger partial charge in [-0.1, -0.05) is 26.2 Å². The van der Waals surface area contributed by atoms with Crippen molar-refractivity contribution in [2.75, 3.05) is 0 Å². The van der Waals surface area contributed by atoms with Crippen molar-refractivity contribution in [2.24, 2.45) is 0 Å². The van der Waals surface area contributed by atoms with E-state index in [1.54, 1.807) is 6.92 Å². The first kappa shape index (κ1) is 12.9. The molecule has 0 radical (unpaired) electrons. The molecule has 0 heterocycles. The van der Waals surface area contributed by atoms with Gasteiger partial charge in [0, 0.05) is 6.04 Å². The number of hydrogen-bond donors (Lipinski definition) is 4. The van der Waals surface area contributed by atoms with Crippen LogP contribution in [0.15, 0.2) is 0 Å². The van der Waals surface area contributed by atoms with Crippen LogP contribution in [0, 0.1) is 0 Å². The summed E-state index contributed by atoms with van der Waals surface area (Å²) < 4.78 is 0. The third-order valence-corrected chi connectivity index (χ3v) is 3.15. The number of hydrogen-bond acceptors (Lipinski definition) is 4. The van der Waals surface area contributed by atoms with Crippen molar-refractivity contribution in [3.05, 3.63) is 0 Å². The van der Waals surface area contributed by atoms with Gasteiger partial charge in [-0.25, -0.2) is 0 Å². The zero-order valence-electron chi connectivity index (χ0n) is 9.39. The molecule has 4 nitrogen and oxygen atoms in total. The fourth-order valence-electron chi connectivity index (χ4n) is 2.06. The predicted molar refractivity (Wildman–Crippen MR) is 58.3 cm³/mol. The molecule has 1 aliphatic rings. The van der Waals surface area contributed by atoms with E-state index in [0.29, 0.717) is 6.42 Å². The minimum Gasteiger partial charge on any atom is -0.390 e. The zero-order valence-corrected chi connectivity index (χ0v) is 9.39. The summed E-state index contributed by atoms with van der Waals surface area (Å²) in [4.78, 5) is 0. The molecule has 0 aromatic rings. The number of nitrogens with one attached hydrogen (secondary N) is 1. The molecule has 0 bridgehead atoms. The van der Waals surface area contributed by atoms with Crippen molar-refractivity contribution in [1.82, 2.24) is 5.32 Å². The average molecular weight is 217 g/mol. The zero-order chi connectivity index (χ0) is 11.3. The van der Waals surface area contributed by atoms with Crippen LogP contribution >= 0.6 is 0 Å². The third-order valence-electron chi connectivity index (χ3n) is 3.15. The average Bonchev–Trinajstić information content (AvgIpc) is 2.28. The number of rotatable bonds is 5. The fourth-order valence-corrected chi connectivity index (χ4v) is 2.06. The predicted octanol–water partition coefficient (Wildman–Crippen LogP) is 0.359. The molecule has 1 rings (SSSR count). The van der Waals surface area contributed by atoms with Gasteiger partial charge in [0.2, 0.25) is 0 Å². The largest absolute Gasteiger partial charge is 0.390 e. The summed E-state index contributed by atoms with van der Waals surface area (Å²) in [5.41, 5.74) is 0. The molecule has 4 heteroatoms. The van der Waals surface area contributed by atoms with Gasteiger partial charge in [0.1, 0.15) is 12.3 Å². The fraction of sp³-hybridized carbons (Fsp3) is 1.00. The SMILES string of the molecule is CCC(O)C(O)C(O)NC1CCCCC1. The van der Waals surface area contributed by atoms with E-state index < -0.39 is 18.4 Å². The van der Waals surface area contributed by atoms with Crippen LogP contribution in [0.1, 0.15) is 45.4 Å². The van der Waals surface area contributed by atoms with E-state index in [0.717, 1.165) is 12.8 Å². The number of aliphatic hydroxyl groups is 3. The van der Waals surface area contributed by atoms with Gasteiger partial charge in [-0.05, 0) is 19.3 Å². The quantitative estimate of drug-likeness (QED) is 0.502. The van der Waals surface area contributed by atoms with Gasteiger partial charge in [0.05, 0.1) is 6.10 Å². The van der Waals surface area contributed by atoms with Crippen LogP contribution in [-0.4, -0.2) is 39.8 Å². The Morgan fingerprint density at radius 1 is 1.13 bits per heavy atom. The van der Waals surface area contributed by atoms with Gasteiger partial charge in [0.25, 0.3) is 0 Å². The van der Waals surface area contributed by atoms with Gasteiger partial charge in [-0.2, -0.15) is 0 Å². The molecule has 15 heavy (non-hydrogen) atoms. The minimum atomic E-state index is -1.09. The van der Waals surface area contributed by atoms with Crippen LogP contribution in [0.2, 0.25) is 0 Å². The Hall–Kier alpha value is -0.160. The Morgan fingerprint density at radius 3 is 2.27 bits per heavy atom. The van der Waals surface area contributed by atoms with Gasteiger partial charge >= 0.3 is 0 Å². The van der Waals surface area contributed by atoms with Crippen molar-refractivity contribution < 1.29 is 15.3 Å². The normalized spacial score (nSPS) is 24.8.